The van der Waals surface area contributed by atoms with E-state index in [0.29, 0.717) is 24.2 Å². The van der Waals surface area contributed by atoms with E-state index in [-0.39, 0.29) is 5.82 Å². The molecular weight excluding hydrogens is 215 g/mol. The van der Waals surface area contributed by atoms with Gasteiger partial charge in [-0.05, 0) is 43.5 Å². The van der Waals surface area contributed by atoms with Crippen LogP contribution in [0.15, 0.2) is 18.2 Å². The van der Waals surface area contributed by atoms with Crippen molar-refractivity contribution in [2.45, 2.75) is 40.3 Å². The molecule has 0 radical (unpaired) electrons. The SMILES string of the molecule is CC(C)CN(Cc1cc(F)ccc1N)C(C)C. The third-order valence-electron chi connectivity index (χ3n) is 2.81. The van der Waals surface area contributed by atoms with E-state index < -0.39 is 0 Å². The van der Waals surface area contributed by atoms with Gasteiger partial charge >= 0.3 is 0 Å². The summed E-state index contributed by atoms with van der Waals surface area (Å²) in [6.45, 7) is 10.4. The Bertz CT molecular complexity index is 361. The first kappa shape index (κ1) is 14.0. The molecule has 96 valence electrons. The normalized spacial score (nSPS) is 11.8. The van der Waals surface area contributed by atoms with Gasteiger partial charge in [-0.2, -0.15) is 0 Å². The van der Waals surface area contributed by atoms with E-state index in [1.165, 1.54) is 12.1 Å². The summed E-state index contributed by atoms with van der Waals surface area (Å²) in [5.74, 6) is 0.370. The molecule has 0 aliphatic rings. The summed E-state index contributed by atoms with van der Waals surface area (Å²) in [5.41, 5.74) is 7.42. The molecule has 0 aliphatic carbocycles. The molecule has 0 heterocycles. The second-order valence-corrected chi connectivity index (χ2v) is 5.26. The zero-order valence-electron chi connectivity index (χ0n) is 11.2. The lowest BCUT2D eigenvalue weighted by Crippen LogP contribution is -2.33. The Labute approximate surface area is 104 Å². The first-order valence-corrected chi connectivity index (χ1v) is 6.18. The molecule has 0 amide bonds. The molecule has 0 bridgehead atoms. The van der Waals surface area contributed by atoms with Crippen molar-refractivity contribution in [3.05, 3.63) is 29.6 Å². The van der Waals surface area contributed by atoms with Crippen molar-refractivity contribution >= 4 is 5.69 Å². The van der Waals surface area contributed by atoms with Crippen LogP contribution in [-0.2, 0) is 6.54 Å². The van der Waals surface area contributed by atoms with Gasteiger partial charge in [-0.3, -0.25) is 4.90 Å². The van der Waals surface area contributed by atoms with Crippen molar-refractivity contribution in [3.8, 4) is 0 Å². The number of rotatable bonds is 5. The highest BCUT2D eigenvalue weighted by atomic mass is 19.1. The average molecular weight is 238 g/mol. The number of halogens is 1. The van der Waals surface area contributed by atoms with Gasteiger partial charge < -0.3 is 5.73 Å². The number of nitrogen functional groups attached to an aromatic ring is 1. The number of hydrogen-bond acceptors (Lipinski definition) is 2. The summed E-state index contributed by atoms with van der Waals surface area (Å²) in [7, 11) is 0. The minimum atomic E-state index is -0.220. The number of benzene rings is 1. The number of nitrogens with zero attached hydrogens (tertiary/aromatic N) is 1. The maximum Gasteiger partial charge on any atom is 0.123 e. The smallest absolute Gasteiger partial charge is 0.123 e. The molecular formula is C14H23FN2. The van der Waals surface area contributed by atoms with Crippen LogP contribution in [-0.4, -0.2) is 17.5 Å². The van der Waals surface area contributed by atoms with Gasteiger partial charge in [0.2, 0.25) is 0 Å². The summed E-state index contributed by atoms with van der Waals surface area (Å²) in [6, 6.07) is 5.00. The molecule has 1 rings (SSSR count). The summed E-state index contributed by atoms with van der Waals surface area (Å²) in [5, 5.41) is 0. The number of hydrogen-bond donors (Lipinski definition) is 1. The molecule has 3 heteroatoms. The average Bonchev–Trinajstić information content (AvgIpc) is 2.21. The molecule has 0 fully saturated rings. The molecule has 0 saturated heterocycles. The van der Waals surface area contributed by atoms with E-state index >= 15 is 0 Å². The summed E-state index contributed by atoms with van der Waals surface area (Å²) in [4.78, 5) is 2.32. The lowest BCUT2D eigenvalue weighted by Gasteiger charge is -2.28. The highest BCUT2D eigenvalue weighted by Crippen LogP contribution is 2.18. The standard InChI is InChI=1S/C14H23FN2/c1-10(2)8-17(11(3)4)9-12-7-13(15)5-6-14(12)16/h5-7,10-11H,8-9,16H2,1-4H3. The Hall–Kier alpha value is -1.09. The molecule has 0 atom stereocenters. The fraction of sp³-hybridized carbons (Fsp3) is 0.571. The molecule has 2 N–H and O–H groups in total. The maximum atomic E-state index is 13.2. The highest BCUT2D eigenvalue weighted by molar-refractivity contribution is 5.46. The Balaban J connectivity index is 2.81. The Morgan fingerprint density at radius 1 is 1.24 bits per heavy atom. The van der Waals surface area contributed by atoms with Crippen molar-refractivity contribution in [1.29, 1.82) is 0 Å². The number of anilines is 1. The van der Waals surface area contributed by atoms with Gasteiger partial charge in [0.05, 0.1) is 0 Å². The third-order valence-corrected chi connectivity index (χ3v) is 2.81. The van der Waals surface area contributed by atoms with Crippen LogP contribution in [0.3, 0.4) is 0 Å². The quantitative estimate of drug-likeness (QED) is 0.798. The zero-order chi connectivity index (χ0) is 13.0. The lowest BCUT2D eigenvalue weighted by molar-refractivity contribution is 0.189. The van der Waals surface area contributed by atoms with Gasteiger partial charge in [0.15, 0.2) is 0 Å². The van der Waals surface area contributed by atoms with E-state index in [0.717, 1.165) is 12.1 Å². The topological polar surface area (TPSA) is 29.3 Å². The second-order valence-electron chi connectivity index (χ2n) is 5.26. The van der Waals surface area contributed by atoms with E-state index in [1.807, 2.05) is 0 Å². The second kappa shape index (κ2) is 6.01. The minimum Gasteiger partial charge on any atom is -0.398 e. The van der Waals surface area contributed by atoms with Crippen molar-refractivity contribution in [2.24, 2.45) is 5.92 Å². The van der Waals surface area contributed by atoms with E-state index in [9.17, 15) is 4.39 Å². The van der Waals surface area contributed by atoms with Crippen molar-refractivity contribution in [2.75, 3.05) is 12.3 Å². The van der Waals surface area contributed by atoms with Crippen LogP contribution in [0.1, 0.15) is 33.3 Å². The number of nitrogens with two attached hydrogens (primary N) is 1. The third kappa shape index (κ3) is 4.35. The molecule has 17 heavy (non-hydrogen) atoms. The fourth-order valence-electron chi connectivity index (χ4n) is 1.86. The maximum absolute atomic E-state index is 13.2. The molecule has 2 nitrogen and oxygen atoms in total. The van der Waals surface area contributed by atoms with Gasteiger partial charge in [0, 0.05) is 24.8 Å². The van der Waals surface area contributed by atoms with Crippen LogP contribution < -0.4 is 5.73 Å². The predicted molar refractivity (Wildman–Crippen MR) is 71.2 cm³/mol. The van der Waals surface area contributed by atoms with Gasteiger partial charge in [-0.15, -0.1) is 0 Å². The van der Waals surface area contributed by atoms with Crippen LogP contribution in [0.25, 0.3) is 0 Å². The van der Waals surface area contributed by atoms with Crippen LogP contribution in [0.2, 0.25) is 0 Å². The van der Waals surface area contributed by atoms with E-state index in [2.05, 4.69) is 32.6 Å². The molecule has 0 spiro atoms. The lowest BCUT2D eigenvalue weighted by atomic mass is 10.1. The highest BCUT2D eigenvalue weighted by Gasteiger charge is 2.13. The van der Waals surface area contributed by atoms with Crippen LogP contribution in [0.4, 0.5) is 10.1 Å². The molecule has 1 aromatic rings. The first-order valence-electron chi connectivity index (χ1n) is 6.18. The fourth-order valence-corrected chi connectivity index (χ4v) is 1.86. The van der Waals surface area contributed by atoms with Gasteiger partial charge in [0.25, 0.3) is 0 Å². The van der Waals surface area contributed by atoms with Gasteiger partial charge in [-0.1, -0.05) is 13.8 Å². The Morgan fingerprint density at radius 2 is 1.88 bits per heavy atom. The van der Waals surface area contributed by atoms with Gasteiger partial charge in [-0.25, -0.2) is 4.39 Å². The summed E-state index contributed by atoms with van der Waals surface area (Å²) in [6.07, 6.45) is 0. The monoisotopic (exact) mass is 238 g/mol. The first-order chi connectivity index (χ1) is 7.90. The molecule has 0 aliphatic heterocycles. The zero-order valence-corrected chi connectivity index (χ0v) is 11.2. The van der Waals surface area contributed by atoms with Crippen molar-refractivity contribution in [1.82, 2.24) is 4.90 Å². The largest absolute Gasteiger partial charge is 0.398 e. The van der Waals surface area contributed by atoms with E-state index in [1.54, 1.807) is 6.07 Å². The predicted octanol–water partition coefficient (Wildman–Crippen LogP) is 3.27. The van der Waals surface area contributed by atoms with Crippen LogP contribution >= 0.6 is 0 Å². The molecule has 0 unspecified atom stereocenters. The Kier molecular flexibility index (Phi) is 4.94. The molecule has 1 aromatic carbocycles. The summed E-state index contributed by atoms with van der Waals surface area (Å²) >= 11 is 0. The van der Waals surface area contributed by atoms with Crippen molar-refractivity contribution in [3.63, 3.8) is 0 Å². The van der Waals surface area contributed by atoms with Gasteiger partial charge in [0.1, 0.15) is 5.82 Å². The van der Waals surface area contributed by atoms with E-state index in [4.69, 9.17) is 5.73 Å². The Morgan fingerprint density at radius 3 is 2.41 bits per heavy atom. The van der Waals surface area contributed by atoms with Crippen LogP contribution in [0.5, 0.6) is 0 Å². The minimum absolute atomic E-state index is 0.220. The molecule has 0 aromatic heterocycles. The molecule has 0 saturated carbocycles. The van der Waals surface area contributed by atoms with Crippen LogP contribution in [0, 0.1) is 11.7 Å². The van der Waals surface area contributed by atoms with Crippen molar-refractivity contribution < 1.29 is 4.39 Å². The summed E-state index contributed by atoms with van der Waals surface area (Å²) < 4.78 is 13.2.